The van der Waals surface area contributed by atoms with Crippen molar-refractivity contribution >= 4 is 17.5 Å². The van der Waals surface area contributed by atoms with Gasteiger partial charge in [-0.05, 0) is 43.8 Å². The number of nitrogens with one attached hydrogen (secondary N) is 2. The first-order valence-electron chi connectivity index (χ1n) is 9.23. The SMILES string of the molecule is COc1ccc2c(c1)[C@@H](C(=O)NCCCN1CCN(C)CC1)CC(=O)N2. The zero-order valence-electron chi connectivity index (χ0n) is 15.6. The molecule has 1 aromatic carbocycles. The topological polar surface area (TPSA) is 73.9 Å². The van der Waals surface area contributed by atoms with Crippen LogP contribution in [0.5, 0.6) is 5.75 Å². The van der Waals surface area contributed by atoms with Gasteiger partial charge in [-0.1, -0.05) is 0 Å². The molecule has 2 amide bonds. The lowest BCUT2D eigenvalue weighted by Gasteiger charge is -2.32. The Bertz CT molecular complexity index is 656. The Morgan fingerprint density at radius 3 is 2.81 bits per heavy atom. The molecule has 0 bridgehead atoms. The molecule has 7 nitrogen and oxygen atoms in total. The summed E-state index contributed by atoms with van der Waals surface area (Å²) in [5, 5.41) is 5.83. The summed E-state index contributed by atoms with van der Waals surface area (Å²) < 4.78 is 5.26. The first kappa shape index (κ1) is 18.7. The van der Waals surface area contributed by atoms with E-state index in [4.69, 9.17) is 4.74 Å². The van der Waals surface area contributed by atoms with E-state index in [1.54, 1.807) is 19.2 Å². The van der Waals surface area contributed by atoms with Crippen LogP contribution in [0.15, 0.2) is 18.2 Å². The molecule has 142 valence electrons. The van der Waals surface area contributed by atoms with E-state index in [1.165, 1.54) is 0 Å². The van der Waals surface area contributed by atoms with Crippen molar-refractivity contribution in [1.29, 1.82) is 0 Å². The second-order valence-electron chi connectivity index (χ2n) is 7.05. The lowest BCUT2D eigenvalue weighted by molar-refractivity contribution is -0.126. The molecule has 1 fully saturated rings. The lowest BCUT2D eigenvalue weighted by atomic mass is 9.89. The normalized spacial score (nSPS) is 21.0. The monoisotopic (exact) mass is 360 g/mol. The minimum atomic E-state index is -0.461. The number of rotatable bonds is 6. The third kappa shape index (κ3) is 4.53. The molecule has 2 aliphatic rings. The van der Waals surface area contributed by atoms with E-state index in [-0.39, 0.29) is 18.2 Å². The number of carbonyl (C=O) groups is 2. The highest BCUT2D eigenvalue weighted by molar-refractivity contribution is 6.01. The first-order chi connectivity index (χ1) is 12.6. The molecule has 2 aliphatic heterocycles. The minimum Gasteiger partial charge on any atom is -0.497 e. The molecule has 0 aromatic heterocycles. The standard InChI is InChI=1S/C19H28N4O3/c1-22-8-10-23(11-9-22)7-3-6-20-19(25)16-13-18(24)21-17-5-4-14(26-2)12-15(16)17/h4-5,12,16H,3,6-11,13H2,1-2H3,(H,20,25)(H,21,24)/t16-/m0/s1. The number of anilines is 1. The van der Waals surface area contributed by atoms with E-state index in [2.05, 4.69) is 27.5 Å². The van der Waals surface area contributed by atoms with Gasteiger partial charge in [-0.25, -0.2) is 0 Å². The average Bonchev–Trinajstić information content (AvgIpc) is 2.65. The summed E-state index contributed by atoms with van der Waals surface area (Å²) in [7, 11) is 3.74. The number of hydrogen-bond donors (Lipinski definition) is 2. The fourth-order valence-corrected chi connectivity index (χ4v) is 3.51. The van der Waals surface area contributed by atoms with Gasteiger partial charge in [0.05, 0.1) is 13.0 Å². The van der Waals surface area contributed by atoms with Crippen LogP contribution < -0.4 is 15.4 Å². The first-order valence-corrected chi connectivity index (χ1v) is 9.23. The van der Waals surface area contributed by atoms with E-state index in [0.717, 1.165) is 44.7 Å². The largest absolute Gasteiger partial charge is 0.497 e. The van der Waals surface area contributed by atoms with Crippen molar-refractivity contribution in [3.63, 3.8) is 0 Å². The maximum Gasteiger partial charge on any atom is 0.228 e. The summed E-state index contributed by atoms with van der Waals surface area (Å²) in [6.07, 6.45) is 1.09. The van der Waals surface area contributed by atoms with Crippen LogP contribution in [0.25, 0.3) is 0 Å². The molecule has 1 aromatic rings. The smallest absolute Gasteiger partial charge is 0.228 e. The van der Waals surface area contributed by atoms with Crippen LogP contribution in [0, 0.1) is 0 Å². The Hall–Kier alpha value is -2.12. The third-order valence-corrected chi connectivity index (χ3v) is 5.16. The Kier molecular flexibility index (Phi) is 6.11. The third-order valence-electron chi connectivity index (χ3n) is 5.16. The number of piperazine rings is 1. The van der Waals surface area contributed by atoms with Gasteiger partial charge in [-0.3, -0.25) is 9.59 Å². The number of hydrogen-bond acceptors (Lipinski definition) is 5. The minimum absolute atomic E-state index is 0.0901. The molecule has 1 saturated heterocycles. The van der Waals surface area contributed by atoms with Crippen LogP contribution in [0.1, 0.15) is 24.3 Å². The van der Waals surface area contributed by atoms with Crippen LogP contribution in [0.3, 0.4) is 0 Å². The van der Waals surface area contributed by atoms with E-state index in [9.17, 15) is 9.59 Å². The Labute approximate surface area is 154 Å². The van der Waals surface area contributed by atoms with Gasteiger partial charge in [0.25, 0.3) is 0 Å². The second-order valence-corrected chi connectivity index (χ2v) is 7.05. The highest BCUT2D eigenvalue weighted by Crippen LogP contribution is 2.34. The van der Waals surface area contributed by atoms with Crippen molar-refractivity contribution in [2.75, 3.05) is 58.7 Å². The predicted octanol–water partition coefficient (Wildman–Crippen LogP) is 0.875. The average molecular weight is 360 g/mol. The Balaban J connectivity index is 1.52. The molecule has 26 heavy (non-hydrogen) atoms. The summed E-state index contributed by atoms with van der Waals surface area (Å²) >= 11 is 0. The van der Waals surface area contributed by atoms with E-state index in [0.29, 0.717) is 18.0 Å². The summed E-state index contributed by atoms with van der Waals surface area (Å²) in [5.41, 5.74) is 1.51. The van der Waals surface area contributed by atoms with Crippen molar-refractivity contribution in [2.24, 2.45) is 0 Å². The van der Waals surface area contributed by atoms with E-state index < -0.39 is 5.92 Å². The molecule has 3 rings (SSSR count). The predicted molar refractivity (Wildman–Crippen MR) is 101 cm³/mol. The maximum atomic E-state index is 12.6. The fraction of sp³-hybridized carbons (Fsp3) is 0.579. The van der Waals surface area contributed by atoms with Gasteiger partial charge in [-0.2, -0.15) is 0 Å². The van der Waals surface area contributed by atoms with Crippen LogP contribution >= 0.6 is 0 Å². The number of ether oxygens (including phenoxy) is 1. The summed E-state index contributed by atoms with van der Waals surface area (Å²) in [6.45, 7) is 5.98. The second kappa shape index (κ2) is 8.51. The zero-order valence-corrected chi connectivity index (χ0v) is 15.6. The van der Waals surface area contributed by atoms with Crippen molar-refractivity contribution in [3.8, 4) is 5.75 Å². The summed E-state index contributed by atoms with van der Waals surface area (Å²) in [5.74, 6) is 0.0123. The van der Waals surface area contributed by atoms with Crippen molar-refractivity contribution in [2.45, 2.75) is 18.8 Å². The van der Waals surface area contributed by atoms with Gasteiger partial charge in [0.1, 0.15) is 5.75 Å². The fourth-order valence-electron chi connectivity index (χ4n) is 3.51. The van der Waals surface area contributed by atoms with Crippen LogP contribution in [0.4, 0.5) is 5.69 Å². The molecule has 0 radical (unpaired) electrons. The maximum absolute atomic E-state index is 12.6. The van der Waals surface area contributed by atoms with Gasteiger partial charge in [0.15, 0.2) is 0 Å². The van der Waals surface area contributed by atoms with Gasteiger partial charge in [-0.15, -0.1) is 0 Å². The van der Waals surface area contributed by atoms with Gasteiger partial charge in [0.2, 0.25) is 11.8 Å². The highest BCUT2D eigenvalue weighted by Gasteiger charge is 2.30. The number of carbonyl (C=O) groups excluding carboxylic acids is 2. The molecule has 0 unspecified atom stereocenters. The lowest BCUT2D eigenvalue weighted by Crippen LogP contribution is -2.45. The van der Waals surface area contributed by atoms with Crippen molar-refractivity contribution < 1.29 is 14.3 Å². The quantitative estimate of drug-likeness (QED) is 0.737. The number of fused-ring (bicyclic) bond motifs is 1. The van der Waals surface area contributed by atoms with Crippen molar-refractivity contribution in [3.05, 3.63) is 23.8 Å². The van der Waals surface area contributed by atoms with Gasteiger partial charge < -0.3 is 25.2 Å². The Morgan fingerprint density at radius 1 is 1.31 bits per heavy atom. The van der Waals surface area contributed by atoms with Crippen LogP contribution in [-0.4, -0.2) is 75.0 Å². The number of likely N-dealkylation sites (N-methyl/N-ethyl adjacent to an activating group) is 1. The molecule has 7 heteroatoms. The zero-order chi connectivity index (χ0) is 18.5. The Morgan fingerprint density at radius 2 is 2.08 bits per heavy atom. The molecule has 2 heterocycles. The number of benzene rings is 1. The van der Waals surface area contributed by atoms with Gasteiger partial charge in [0, 0.05) is 44.8 Å². The molecule has 0 spiro atoms. The van der Waals surface area contributed by atoms with Crippen molar-refractivity contribution in [1.82, 2.24) is 15.1 Å². The summed E-state index contributed by atoms with van der Waals surface area (Å²) in [6, 6.07) is 5.41. The summed E-state index contributed by atoms with van der Waals surface area (Å²) in [4.78, 5) is 29.3. The van der Waals surface area contributed by atoms with E-state index >= 15 is 0 Å². The van der Waals surface area contributed by atoms with E-state index in [1.807, 2.05) is 6.07 Å². The molecule has 0 saturated carbocycles. The van der Waals surface area contributed by atoms with Crippen LogP contribution in [0.2, 0.25) is 0 Å². The number of amides is 2. The molecule has 0 aliphatic carbocycles. The number of methoxy groups -OCH3 is 1. The highest BCUT2D eigenvalue weighted by atomic mass is 16.5. The molecular weight excluding hydrogens is 332 g/mol. The molecule has 1 atom stereocenters. The number of nitrogens with zero attached hydrogens (tertiary/aromatic N) is 2. The van der Waals surface area contributed by atoms with Crippen LogP contribution in [-0.2, 0) is 9.59 Å². The molecule has 2 N–H and O–H groups in total. The van der Waals surface area contributed by atoms with Gasteiger partial charge >= 0.3 is 0 Å². The molecular formula is C19H28N4O3.